The zero-order valence-corrected chi connectivity index (χ0v) is 16.7. The van der Waals surface area contributed by atoms with E-state index in [9.17, 15) is 18.0 Å². The van der Waals surface area contributed by atoms with Gasteiger partial charge in [-0.1, -0.05) is 18.2 Å². The zero-order valence-electron chi connectivity index (χ0n) is 15.8. The minimum Gasteiger partial charge on any atom is -0.461 e. The van der Waals surface area contributed by atoms with Crippen LogP contribution in [0.1, 0.15) is 29.4 Å². The van der Waals surface area contributed by atoms with Crippen molar-refractivity contribution in [2.45, 2.75) is 24.7 Å². The molecule has 1 aliphatic rings. The predicted octanol–water partition coefficient (Wildman–Crippen LogP) is 1.46. The molecule has 0 spiro atoms. The molecule has 3 rings (SSSR count). The van der Waals surface area contributed by atoms with Gasteiger partial charge < -0.3 is 14.2 Å². The van der Waals surface area contributed by atoms with Crippen LogP contribution in [-0.2, 0) is 33.0 Å². The fourth-order valence-electron chi connectivity index (χ4n) is 3.20. The van der Waals surface area contributed by atoms with Crippen LogP contribution >= 0.6 is 0 Å². The summed E-state index contributed by atoms with van der Waals surface area (Å²) in [7, 11) is -2.27. The van der Waals surface area contributed by atoms with Gasteiger partial charge in [0, 0.05) is 38.4 Å². The zero-order chi connectivity index (χ0) is 20.3. The van der Waals surface area contributed by atoms with E-state index in [1.54, 1.807) is 18.9 Å². The molecular formula is C19H23N3O5S. The lowest BCUT2D eigenvalue weighted by atomic mass is 10.2. The Morgan fingerprint density at radius 2 is 2.00 bits per heavy atom. The second kappa shape index (κ2) is 8.15. The summed E-state index contributed by atoms with van der Waals surface area (Å²) >= 11 is 0. The van der Waals surface area contributed by atoms with Gasteiger partial charge in [-0.2, -0.15) is 0 Å². The number of nitrogens with zero attached hydrogens (tertiary/aromatic N) is 2. The molecule has 2 heterocycles. The molecule has 0 fully saturated rings. The Labute approximate surface area is 164 Å². The summed E-state index contributed by atoms with van der Waals surface area (Å²) in [5.74, 6) is -0.720. The monoisotopic (exact) mass is 405 g/mol. The minimum atomic E-state index is -3.84. The molecule has 8 nitrogen and oxygen atoms in total. The van der Waals surface area contributed by atoms with E-state index < -0.39 is 16.0 Å². The first-order valence-corrected chi connectivity index (χ1v) is 10.5. The van der Waals surface area contributed by atoms with Crippen LogP contribution in [0.4, 0.5) is 5.69 Å². The molecule has 1 aromatic heterocycles. The number of sulfonamides is 1. The summed E-state index contributed by atoms with van der Waals surface area (Å²) < 4.78 is 33.7. The fraction of sp³-hybridized carbons (Fsp3) is 0.368. The molecule has 0 unspecified atom stereocenters. The van der Waals surface area contributed by atoms with Crippen molar-refractivity contribution in [2.24, 2.45) is 7.05 Å². The number of anilines is 1. The summed E-state index contributed by atoms with van der Waals surface area (Å²) in [6.07, 6.45) is 2.19. The molecule has 1 amide bonds. The Balaban J connectivity index is 1.61. The third kappa shape index (κ3) is 4.10. The second-order valence-corrected chi connectivity index (χ2v) is 8.23. The van der Waals surface area contributed by atoms with E-state index in [1.807, 2.05) is 24.3 Å². The van der Waals surface area contributed by atoms with Gasteiger partial charge in [-0.15, -0.1) is 0 Å². The Bertz CT molecular complexity index is 997. The van der Waals surface area contributed by atoms with Gasteiger partial charge in [0.2, 0.25) is 15.9 Å². The van der Waals surface area contributed by atoms with Crippen molar-refractivity contribution in [3.8, 4) is 0 Å². The van der Waals surface area contributed by atoms with E-state index in [4.69, 9.17) is 4.74 Å². The largest absolute Gasteiger partial charge is 0.461 e. The highest BCUT2D eigenvalue weighted by Gasteiger charge is 2.25. The van der Waals surface area contributed by atoms with Crippen LogP contribution in [0.25, 0.3) is 0 Å². The molecule has 1 N–H and O–H groups in total. The van der Waals surface area contributed by atoms with Crippen molar-refractivity contribution in [3.63, 3.8) is 0 Å². The number of hydrogen-bond donors (Lipinski definition) is 1. The molecule has 1 aliphatic heterocycles. The number of ether oxygens (including phenoxy) is 1. The number of hydrogen-bond acceptors (Lipinski definition) is 5. The highest BCUT2D eigenvalue weighted by atomic mass is 32.2. The summed E-state index contributed by atoms with van der Waals surface area (Å²) in [5.41, 5.74) is 2.15. The van der Waals surface area contributed by atoms with Gasteiger partial charge in [-0.3, -0.25) is 4.79 Å². The highest BCUT2D eigenvalue weighted by Crippen LogP contribution is 2.27. The smallest absolute Gasteiger partial charge is 0.354 e. The van der Waals surface area contributed by atoms with Gasteiger partial charge >= 0.3 is 5.97 Å². The first kappa shape index (κ1) is 20.1. The van der Waals surface area contributed by atoms with E-state index in [1.165, 1.54) is 16.8 Å². The number of aromatic nitrogens is 1. The Morgan fingerprint density at radius 3 is 2.75 bits per heavy atom. The molecule has 0 saturated heterocycles. The van der Waals surface area contributed by atoms with E-state index in [0.717, 1.165) is 17.7 Å². The van der Waals surface area contributed by atoms with Gasteiger partial charge in [-0.05, 0) is 31.0 Å². The summed E-state index contributed by atoms with van der Waals surface area (Å²) in [6.45, 7) is 2.46. The molecule has 0 radical (unpaired) electrons. The van der Waals surface area contributed by atoms with Crippen molar-refractivity contribution in [2.75, 3.05) is 24.6 Å². The van der Waals surface area contributed by atoms with Gasteiger partial charge in [-0.25, -0.2) is 17.9 Å². The predicted molar refractivity (Wildman–Crippen MR) is 104 cm³/mol. The normalized spacial score (nSPS) is 13.4. The Hall–Kier alpha value is -2.65. The quantitative estimate of drug-likeness (QED) is 0.704. The van der Waals surface area contributed by atoms with Gasteiger partial charge in [0.25, 0.3) is 0 Å². The molecule has 2 aromatic rings. The molecule has 0 saturated carbocycles. The summed E-state index contributed by atoms with van der Waals surface area (Å²) in [5, 5.41) is 0. The molecule has 1 aromatic carbocycles. The number of aryl methyl sites for hydroxylation is 1. The topological polar surface area (TPSA) is 97.7 Å². The van der Waals surface area contributed by atoms with Crippen molar-refractivity contribution in [3.05, 3.63) is 47.8 Å². The van der Waals surface area contributed by atoms with Gasteiger partial charge in [0.05, 0.1) is 6.61 Å². The summed E-state index contributed by atoms with van der Waals surface area (Å²) in [6, 6.07) is 8.96. The van der Waals surface area contributed by atoms with Crippen LogP contribution in [0.2, 0.25) is 0 Å². The molecule has 0 atom stereocenters. The molecular weight excluding hydrogens is 382 g/mol. The third-order valence-corrected chi connectivity index (χ3v) is 6.02. The lowest BCUT2D eigenvalue weighted by Crippen LogP contribution is -2.33. The van der Waals surface area contributed by atoms with Crippen molar-refractivity contribution < 1.29 is 22.7 Å². The Morgan fingerprint density at radius 1 is 1.25 bits per heavy atom. The minimum absolute atomic E-state index is 0.0243. The SMILES string of the molecule is CCOC(=O)c1cc(S(=O)(=O)NCCC(=O)N2CCc3ccccc32)cn1C. The molecule has 9 heteroatoms. The highest BCUT2D eigenvalue weighted by molar-refractivity contribution is 7.89. The van der Waals surface area contributed by atoms with Crippen molar-refractivity contribution in [1.29, 1.82) is 0 Å². The summed E-state index contributed by atoms with van der Waals surface area (Å²) in [4.78, 5) is 26.0. The van der Waals surface area contributed by atoms with Crippen LogP contribution < -0.4 is 9.62 Å². The maximum atomic E-state index is 12.5. The first-order chi connectivity index (χ1) is 13.3. The molecule has 28 heavy (non-hydrogen) atoms. The lowest BCUT2D eigenvalue weighted by molar-refractivity contribution is -0.118. The average molecular weight is 405 g/mol. The van der Waals surface area contributed by atoms with E-state index in [2.05, 4.69) is 4.72 Å². The van der Waals surface area contributed by atoms with Crippen LogP contribution in [-0.4, -0.2) is 44.6 Å². The van der Waals surface area contributed by atoms with Gasteiger partial charge in [0.1, 0.15) is 10.6 Å². The number of benzene rings is 1. The standard InChI is InChI=1S/C19H23N3O5S/c1-3-27-19(24)17-12-15(13-21(17)2)28(25,26)20-10-8-18(23)22-11-9-14-6-4-5-7-16(14)22/h4-7,12-13,20H,3,8-11H2,1-2H3. The van der Waals surface area contributed by atoms with Crippen molar-refractivity contribution in [1.82, 2.24) is 9.29 Å². The number of para-hydroxylation sites is 1. The number of nitrogens with one attached hydrogen (secondary N) is 1. The van der Waals surface area contributed by atoms with Crippen LogP contribution in [0.5, 0.6) is 0 Å². The third-order valence-electron chi connectivity index (χ3n) is 4.59. The Kier molecular flexibility index (Phi) is 5.85. The fourth-order valence-corrected chi connectivity index (χ4v) is 4.30. The number of carbonyl (C=O) groups is 2. The van der Waals surface area contributed by atoms with Crippen LogP contribution in [0, 0.1) is 0 Å². The van der Waals surface area contributed by atoms with Gasteiger partial charge in [0.15, 0.2) is 0 Å². The lowest BCUT2D eigenvalue weighted by Gasteiger charge is -2.17. The van der Waals surface area contributed by atoms with Crippen LogP contribution in [0.15, 0.2) is 41.4 Å². The maximum Gasteiger partial charge on any atom is 0.354 e. The molecule has 150 valence electrons. The van der Waals surface area contributed by atoms with Crippen molar-refractivity contribution >= 4 is 27.6 Å². The molecule has 0 bridgehead atoms. The number of amides is 1. The van der Waals surface area contributed by atoms with Crippen LogP contribution in [0.3, 0.4) is 0 Å². The number of esters is 1. The number of rotatable bonds is 7. The maximum absolute atomic E-state index is 12.5. The molecule has 0 aliphatic carbocycles. The number of carbonyl (C=O) groups excluding carboxylic acids is 2. The van der Waals surface area contributed by atoms with E-state index in [0.29, 0.717) is 6.54 Å². The second-order valence-electron chi connectivity index (χ2n) is 6.46. The average Bonchev–Trinajstić information content (AvgIpc) is 3.26. The first-order valence-electron chi connectivity index (χ1n) is 9.05. The van der Waals surface area contributed by atoms with E-state index >= 15 is 0 Å². The number of fused-ring (bicyclic) bond motifs is 1. The van der Waals surface area contributed by atoms with E-state index in [-0.39, 0.29) is 36.1 Å².